The number of nitrogens with one attached hydrogen (secondary N) is 1. The molecule has 20 heavy (non-hydrogen) atoms. The molecule has 114 valence electrons. The van der Waals surface area contributed by atoms with E-state index in [1.165, 1.54) is 47.9 Å². The van der Waals surface area contributed by atoms with Gasteiger partial charge in [-0.2, -0.15) is 0 Å². The van der Waals surface area contributed by atoms with Crippen molar-refractivity contribution in [3.05, 3.63) is 34.4 Å². The minimum atomic E-state index is 0.406. The number of hydrogen-bond acceptors (Lipinski definition) is 1. The summed E-state index contributed by atoms with van der Waals surface area (Å²) in [7, 11) is 0. The molecule has 0 amide bonds. The number of unbranched alkanes of at least 4 members (excludes halogenated alkanes) is 2. The molecular weight excluding hydrogens is 242 g/mol. The number of rotatable bonds is 8. The Morgan fingerprint density at radius 3 is 2.25 bits per heavy atom. The van der Waals surface area contributed by atoms with Crippen LogP contribution in [0.2, 0.25) is 0 Å². The van der Waals surface area contributed by atoms with Crippen LogP contribution in [0.5, 0.6) is 0 Å². The summed E-state index contributed by atoms with van der Waals surface area (Å²) in [5.74, 6) is 0. The smallest absolute Gasteiger partial charge is 0.0208 e. The first kappa shape index (κ1) is 17.2. The zero-order valence-electron chi connectivity index (χ0n) is 14.4. The molecule has 0 aliphatic carbocycles. The molecule has 1 aromatic carbocycles. The molecule has 0 aliphatic heterocycles. The van der Waals surface area contributed by atoms with E-state index in [2.05, 4.69) is 59.0 Å². The van der Waals surface area contributed by atoms with Crippen molar-refractivity contribution < 1.29 is 0 Å². The van der Waals surface area contributed by atoms with E-state index in [4.69, 9.17) is 0 Å². The minimum absolute atomic E-state index is 0.406. The molecule has 1 aromatic rings. The highest BCUT2D eigenvalue weighted by Gasteiger charge is 2.16. The zero-order valence-corrected chi connectivity index (χ0v) is 14.4. The normalized spacial score (nSPS) is 11.9. The molecule has 0 aliphatic rings. The fraction of sp³-hybridized carbons (Fsp3) is 0.684. The van der Waals surface area contributed by atoms with Crippen molar-refractivity contribution in [3.8, 4) is 0 Å². The highest BCUT2D eigenvalue weighted by molar-refractivity contribution is 5.36. The summed E-state index contributed by atoms with van der Waals surface area (Å²) in [5.41, 5.74) is 6.05. The van der Waals surface area contributed by atoms with E-state index in [-0.39, 0.29) is 0 Å². The summed E-state index contributed by atoms with van der Waals surface area (Å²) >= 11 is 0. The first-order chi connectivity index (χ1) is 9.35. The lowest BCUT2D eigenvalue weighted by atomic mass is 9.87. The Bertz CT molecular complexity index is 418. The molecule has 0 spiro atoms. The van der Waals surface area contributed by atoms with Crippen molar-refractivity contribution in [2.75, 3.05) is 6.54 Å². The lowest BCUT2D eigenvalue weighted by Crippen LogP contribution is -2.29. The third-order valence-corrected chi connectivity index (χ3v) is 4.33. The second-order valence-electron chi connectivity index (χ2n) is 7.09. The van der Waals surface area contributed by atoms with Crippen molar-refractivity contribution in [1.82, 2.24) is 5.32 Å². The SMILES string of the molecule is CCCCCC(C)(C)CNCc1cc(C)c(C)cc1C. The van der Waals surface area contributed by atoms with E-state index in [9.17, 15) is 0 Å². The van der Waals surface area contributed by atoms with Gasteiger partial charge in [0.15, 0.2) is 0 Å². The highest BCUT2D eigenvalue weighted by atomic mass is 14.9. The van der Waals surface area contributed by atoms with E-state index >= 15 is 0 Å². The van der Waals surface area contributed by atoms with E-state index in [0.29, 0.717) is 5.41 Å². The van der Waals surface area contributed by atoms with Crippen molar-refractivity contribution in [3.63, 3.8) is 0 Å². The first-order valence-electron chi connectivity index (χ1n) is 8.13. The highest BCUT2D eigenvalue weighted by Crippen LogP contribution is 2.23. The summed E-state index contributed by atoms with van der Waals surface area (Å²) in [6.07, 6.45) is 5.35. The van der Waals surface area contributed by atoms with Gasteiger partial charge in [-0.1, -0.05) is 52.2 Å². The average Bonchev–Trinajstić information content (AvgIpc) is 2.35. The van der Waals surface area contributed by atoms with Crippen LogP contribution in [0, 0.1) is 26.2 Å². The number of benzene rings is 1. The molecule has 0 heterocycles. The predicted octanol–water partition coefficient (Wildman–Crippen LogP) is 5.31. The standard InChI is InChI=1S/C19H33N/c1-7-8-9-10-19(5,6)14-20-13-18-12-16(3)15(2)11-17(18)4/h11-12,20H,7-10,13-14H2,1-6H3. The molecule has 1 nitrogen and oxygen atoms in total. The Morgan fingerprint density at radius 2 is 1.60 bits per heavy atom. The van der Waals surface area contributed by atoms with Gasteiger partial charge >= 0.3 is 0 Å². The summed E-state index contributed by atoms with van der Waals surface area (Å²) < 4.78 is 0. The van der Waals surface area contributed by atoms with Gasteiger partial charge in [0.2, 0.25) is 0 Å². The van der Waals surface area contributed by atoms with Gasteiger partial charge in [-0.15, -0.1) is 0 Å². The van der Waals surface area contributed by atoms with Crippen LogP contribution in [-0.2, 0) is 6.54 Å². The molecule has 0 bridgehead atoms. The monoisotopic (exact) mass is 275 g/mol. The fourth-order valence-corrected chi connectivity index (χ4v) is 2.69. The molecule has 1 rings (SSSR count). The Hall–Kier alpha value is -0.820. The first-order valence-corrected chi connectivity index (χ1v) is 8.13. The van der Waals surface area contributed by atoms with E-state index < -0.39 is 0 Å². The van der Waals surface area contributed by atoms with Crippen LogP contribution >= 0.6 is 0 Å². The Kier molecular flexibility index (Phi) is 6.75. The van der Waals surface area contributed by atoms with E-state index in [1.807, 2.05) is 0 Å². The summed E-state index contributed by atoms with van der Waals surface area (Å²) in [6.45, 7) is 15.7. The van der Waals surface area contributed by atoms with Crippen molar-refractivity contribution in [1.29, 1.82) is 0 Å². The van der Waals surface area contributed by atoms with Gasteiger partial charge in [0, 0.05) is 13.1 Å². The quantitative estimate of drug-likeness (QED) is 0.634. The Balaban J connectivity index is 2.46. The van der Waals surface area contributed by atoms with Crippen molar-refractivity contribution in [2.45, 2.75) is 73.8 Å². The molecule has 0 aromatic heterocycles. The molecule has 0 saturated heterocycles. The van der Waals surface area contributed by atoms with Crippen LogP contribution in [0.15, 0.2) is 12.1 Å². The largest absolute Gasteiger partial charge is 0.312 e. The second-order valence-corrected chi connectivity index (χ2v) is 7.09. The van der Waals surface area contributed by atoms with Gasteiger partial charge in [-0.3, -0.25) is 0 Å². The summed E-state index contributed by atoms with van der Waals surface area (Å²) in [5, 5.41) is 3.66. The van der Waals surface area contributed by atoms with Crippen LogP contribution in [-0.4, -0.2) is 6.54 Å². The van der Waals surface area contributed by atoms with Crippen LogP contribution in [0.3, 0.4) is 0 Å². The minimum Gasteiger partial charge on any atom is -0.312 e. The van der Waals surface area contributed by atoms with Crippen LogP contribution < -0.4 is 5.32 Å². The van der Waals surface area contributed by atoms with Crippen molar-refractivity contribution in [2.24, 2.45) is 5.41 Å². The van der Waals surface area contributed by atoms with Crippen LogP contribution in [0.4, 0.5) is 0 Å². The van der Waals surface area contributed by atoms with Gasteiger partial charge in [0.1, 0.15) is 0 Å². The lowest BCUT2D eigenvalue weighted by Gasteiger charge is -2.25. The predicted molar refractivity (Wildman–Crippen MR) is 90.3 cm³/mol. The second kappa shape index (κ2) is 7.83. The third-order valence-electron chi connectivity index (χ3n) is 4.33. The molecule has 0 fully saturated rings. The maximum atomic E-state index is 3.66. The van der Waals surface area contributed by atoms with Crippen LogP contribution in [0.1, 0.15) is 68.7 Å². The molecule has 0 radical (unpaired) electrons. The van der Waals surface area contributed by atoms with E-state index in [1.54, 1.807) is 0 Å². The third kappa shape index (κ3) is 5.66. The van der Waals surface area contributed by atoms with E-state index in [0.717, 1.165) is 13.1 Å². The molecular formula is C19H33N. The average molecular weight is 275 g/mol. The maximum absolute atomic E-state index is 3.66. The summed E-state index contributed by atoms with van der Waals surface area (Å²) in [4.78, 5) is 0. The van der Waals surface area contributed by atoms with Crippen molar-refractivity contribution >= 4 is 0 Å². The molecule has 1 heteroatoms. The molecule has 1 N–H and O–H groups in total. The molecule has 0 atom stereocenters. The van der Waals surface area contributed by atoms with Crippen LogP contribution in [0.25, 0.3) is 0 Å². The fourth-order valence-electron chi connectivity index (χ4n) is 2.69. The Morgan fingerprint density at radius 1 is 0.950 bits per heavy atom. The Labute approximate surface area is 126 Å². The van der Waals surface area contributed by atoms with Gasteiger partial charge in [-0.25, -0.2) is 0 Å². The lowest BCUT2D eigenvalue weighted by molar-refractivity contribution is 0.302. The topological polar surface area (TPSA) is 12.0 Å². The van der Waals surface area contributed by atoms with Gasteiger partial charge < -0.3 is 5.32 Å². The maximum Gasteiger partial charge on any atom is 0.0208 e. The summed E-state index contributed by atoms with van der Waals surface area (Å²) in [6, 6.07) is 4.64. The van der Waals surface area contributed by atoms with Gasteiger partial charge in [-0.05, 0) is 54.9 Å². The van der Waals surface area contributed by atoms with Gasteiger partial charge in [0.25, 0.3) is 0 Å². The van der Waals surface area contributed by atoms with Gasteiger partial charge in [0.05, 0.1) is 0 Å². The molecule has 0 unspecified atom stereocenters. The number of hydrogen-bond donors (Lipinski definition) is 1. The zero-order chi connectivity index (χ0) is 15.2. The number of aryl methyl sites for hydroxylation is 3. The molecule has 0 saturated carbocycles.